The minimum Gasteiger partial charge on any atom is -0.479 e. The summed E-state index contributed by atoms with van der Waals surface area (Å²) in [6, 6.07) is 0. The predicted molar refractivity (Wildman–Crippen MR) is 46.1 cm³/mol. The summed E-state index contributed by atoms with van der Waals surface area (Å²) in [5.74, 6) is -1.23. The van der Waals surface area contributed by atoms with Crippen LogP contribution in [-0.2, 0) is 4.79 Å². The second-order valence-corrected chi connectivity index (χ2v) is 3.37. The van der Waals surface area contributed by atoms with E-state index in [4.69, 9.17) is 28.3 Å². The molecule has 0 aliphatic rings. The number of allylic oxidation sites excluding steroid dienone is 1. The van der Waals surface area contributed by atoms with Crippen molar-refractivity contribution in [3.05, 3.63) is 11.6 Å². The molecule has 0 saturated carbocycles. The van der Waals surface area contributed by atoms with E-state index in [0.29, 0.717) is 12.0 Å². The van der Waals surface area contributed by atoms with Crippen LogP contribution in [0.3, 0.4) is 0 Å². The molecule has 4 heteroatoms. The quantitative estimate of drug-likeness (QED) is 0.557. The maximum Gasteiger partial charge on any atom is 0.344 e. The van der Waals surface area contributed by atoms with E-state index in [2.05, 4.69) is 0 Å². The zero-order valence-electron chi connectivity index (χ0n) is 6.40. The molecule has 0 aliphatic heterocycles. The van der Waals surface area contributed by atoms with Crippen LogP contribution in [0.1, 0.15) is 20.3 Å². The standard InChI is InChI=1S/C7H10Cl2O2/c1-3-5(4-2)7(8,9)6(10)11/h3H,4H2,1-2H3,(H,10,11)/b5-3-. The van der Waals surface area contributed by atoms with E-state index in [1.165, 1.54) is 0 Å². The van der Waals surface area contributed by atoms with Gasteiger partial charge in [-0.25, -0.2) is 4.79 Å². The normalized spacial score (nSPS) is 13.3. The second-order valence-electron chi connectivity index (χ2n) is 2.05. The van der Waals surface area contributed by atoms with Gasteiger partial charge >= 0.3 is 5.97 Å². The lowest BCUT2D eigenvalue weighted by Crippen LogP contribution is -2.27. The van der Waals surface area contributed by atoms with E-state index in [0.717, 1.165) is 0 Å². The van der Waals surface area contributed by atoms with Gasteiger partial charge in [-0.2, -0.15) is 0 Å². The molecule has 1 N–H and O–H groups in total. The summed E-state index contributed by atoms with van der Waals surface area (Å²) in [7, 11) is 0. The van der Waals surface area contributed by atoms with E-state index < -0.39 is 10.3 Å². The summed E-state index contributed by atoms with van der Waals surface area (Å²) in [5, 5.41) is 8.57. The van der Waals surface area contributed by atoms with Gasteiger partial charge in [0.15, 0.2) is 0 Å². The minimum absolute atomic E-state index is 0.508. The Balaban J connectivity index is 4.66. The highest BCUT2D eigenvalue weighted by Crippen LogP contribution is 2.32. The van der Waals surface area contributed by atoms with Crippen LogP contribution in [0.5, 0.6) is 0 Å². The van der Waals surface area contributed by atoms with Crippen LogP contribution in [-0.4, -0.2) is 15.4 Å². The molecule has 0 aromatic carbocycles. The molecule has 0 bridgehead atoms. The van der Waals surface area contributed by atoms with Gasteiger partial charge < -0.3 is 5.11 Å². The van der Waals surface area contributed by atoms with Crippen molar-refractivity contribution in [2.24, 2.45) is 0 Å². The molecule has 64 valence electrons. The van der Waals surface area contributed by atoms with Crippen LogP contribution in [0.15, 0.2) is 11.6 Å². The average molecular weight is 197 g/mol. The SMILES string of the molecule is C/C=C(/CC)C(Cl)(Cl)C(=O)O. The highest BCUT2D eigenvalue weighted by molar-refractivity contribution is 6.59. The van der Waals surface area contributed by atoms with Crippen molar-refractivity contribution in [3.63, 3.8) is 0 Å². The fraction of sp³-hybridized carbons (Fsp3) is 0.571. The van der Waals surface area contributed by atoms with Crippen LogP contribution in [0.25, 0.3) is 0 Å². The van der Waals surface area contributed by atoms with Crippen molar-refractivity contribution in [3.8, 4) is 0 Å². The molecule has 0 aromatic heterocycles. The lowest BCUT2D eigenvalue weighted by molar-refractivity contribution is -0.137. The first-order valence-electron chi connectivity index (χ1n) is 3.23. The van der Waals surface area contributed by atoms with Crippen LogP contribution in [0.2, 0.25) is 0 Å². The monoisotopic (exact) mass is 196 g/mol. The van der Waals surface area contributed by atoms with E-state index in [-0.39, 0.29) is 0 Å². The van der Waals surface area contributed by atoms with Gasteiger partial charge in [0, 0.05) is 0 Å². The molecule has 0 aliphatic carbocycles. The first-order valence-corrected chi connectivity index (χ1v) is 3.99. The third-order valence-electron chi connectivity index (χ3n) is 1.40. The Hall–Kier alpha value is -0.210. The Kier molecular flexibility index (Phi) is 3.90. The van der Waals surface area contributed by atoms with E-state index in [9.17, 15) is 4.79 Å². The zero-order valence-corrected chi connectivity index (χ0v) is 7.91. The van der Waals surface area contributed by atoms with Crippen molar-refractivity contribution < 1.29 is 9.90 Å². The summed E-state index contributed by atoms with van der Waals surface area (Å²) in [6.07, 6.45) is 2.16. The van der Waals surface area contributed by atoms with Crippen molar-refractivity contribution in [2.75, 3.05) is 0 Å². The molecule has 11 heavy (non-hydrogen) atoms. The summed E-state index contributed by atoms with van der Waals surface area (Å²) >= 11 is 11.1. The van der Waals surface area contributed by atoms with E-state index in [1.54, 1.807) is 19.9 Å². The summed E-state index contributed by atoms with van der Waals surface area (Å²) < 4.78 is -1.76. The highest BCUT2D eigenvalue weighted by Gasteiger charge is 2.36. The number of hydrogen-bond donors (Lipinski definition) is 1. The molecule has 2 nitrogen and oxygen atoms in total. The van der Waals surface area contributed by atoms with E-state index in [1.807, 2.05) is 0 Å². The largest absolute Gasteiger partial charge is 0.479 e. The van der Waals surface area contributed by atoms with Gasteiger partial charge in [-0.3, -0.25) is 0 Å². The predicted octanol–water partition coefficient (Wildman–Crippen LogP) is 2.60. The molecular formula is C7H10Cl2O2. The van der Waals surface area contributed by atoms with Gasteiger partial charge in [0.1, 0.15) is 0 Å². The number of aliphatic carboxylic acids is 1. The second kappa shape index (κ2) is 3.98. The molecule has 0 unspecified atom stereocenters. The Morgan fingerprint density at radius 2 is 2.09 bits per heavy atom. The molecule has 0 amide bonds. The van der Waals surface area contributed by atoms with Gasteiger partial charge in [0.25, 0.3) is 0 Å². The van der Waals surface area contributed by atoms with Gasteiger partial charge in [-0.1, -0.05) is 36.2 Å². The number of rotatable bonds is 3. The Labute approximate surface area is 75.8 Å². The van der Waals surface area contributed by atoms with Crippen molar-refractivity contribution in [1.82, 2.24) is 0 Å². The smallest absolute Gasteiger partial charge is 0.344 e. The Morgan fingerprint density at radius 1 is 1.64 bits per heavy atom. The number of alkyl halides is 2. The fourth-order valence-corrected chi connectivity index (χ4v) is 1.23. The molecule has 0 atom stereocenters. The topological polar surface area (TPSA) is 37.3 Å². The van der Waals surface area contributed by atoms with Crippen LogP contribution >= 0.6 is 23.2 Å². The van der Waals surface area contributed by atoms with Crippen molar-refractivity contribution in [2.45, 2.75) is 24.6 Å². The average Bonchev–Trinajstić information content (AvgIpc) is 1.89. The van der Waals surface area contributed by atoms with Crippen molar-refractivity contribution >= 4 is 29.2 Å². The van der Waals surface area contributed by atoms with Crippen LogP contribution in [0.4, 0.5) is 0 Å². The molecule has 0 spiro atoms. The van der Waals surface area contributed by atoms with Crippen molar-refractivity contribution in [1.29, 1.82) is 0 Å². The lowest BCUT2D eigenvalue weighted by Gasteiger charge is -2.16. The molecule has 0 aromatic rings. The van der Waals surface area contributed by atoms with E-state index >= 15 is 0 Å². The number of carboxylic acid groups (broad SMARTS) is 1. The van der Waals surface area contributed by atoms with Gasteiger partial charge in [-0.15, -0.1) is 0 Å². The van der Waals surface area contributed by atoms with Gasteiger partial charge in [0.05, 0.1) is 0 Å². The third kappa shape index (κ3) is 2.38. The molecule has 0 fully saturated rings. The first kappa shape index (κ1) is 10.8. The molecule has 0 rings (SSSR count). The lowest BCUT2D eigenvalue weighted by atomic mass is 10.1. The summed E-state index contributed by atoms with van der Waals surface area (Å²) in [5.41, 5.74) is 0.508. The van der Waals surface area contributed by atoms with Crippen LogP contribution < -0.4 is 0 Å². The third-order valence-corrected chi connectivity index (χ3v) is 2.21. The molecular weight excluding hydrogens is 187 g/mol. The number of carboxylic acids is 1. The fourth-order valence-electron chi connectivity index (χ4n) is 0.745. The first-order chi connectivity index (χ1) is 4.96. The van der Waals surface area contributed by atoms with Gasteiger partial charge in [0.2, 0.25) is 4.33 Å². The maximum atomic E-state index is 10.5. The highest BCUT2D eigenvalue weighted by atomic mass is 35.5. The Bertz CT molecular complexity index is 185. The number of carbonyl (C=O) groups is 1. The summed E-state index contributed by atoms with van der Waals surface area (Å²) in [4.78, 5) is 10.5. The van der Waals surface area contributed by atoms with Crippen LogP contribution in [0, 0.1) is 0 Å². The van der Waals surface area contributed by atoms with Gasteiger partial charge in [-0.05, 0) is 18.9 Å². The number of hydrogen-bond acceptors (Lipinski definition) is 1. The molecule has 0 heterocycles. The summed E-state index contributed by atoms with van der Waals surface area (Å²) in [6.45, 7) is 3.51. The Morgan fingerprint density at radius 3 is 2.18 bits per heavy atom. The zero-order chi connectivity index (χ0) is 9.07. The molecule has 0 saturated heterocycles. The minimum atomic E-state index is -1.76. The number of halogens is 2. The maximum absolute atomic E-state index is 10.5. The molecule has 0 radical (unpaired) electrons.